The molecule has 1 saturated heterocycles. The number of carboxylic acid groups (broad SMARTS) is 1. The number of anilines is 1. The molecule has 11 heteroatoms. The first-order valence-electron chi connectivity index (χ1n) is 14.6. The maximum absolute atomic E-state index is 15.9. The van der Waals surface area contributed by atoms with Crippen molar-refractivity contribution in [2.75, 3.05) is 31.2 Å². The summed E-state index contributed by atoms with van der Waals surface area (Å²) >= 11 is 0. The van der Waals surface area contributed by atoms with Gasteiger partial charge in [0.2, 0.25) is 0 Å². The summed E-state index contributed by atoms with van der Waals surface area (Å²) in [5, 5.41) is 13.1. The SMILES string of the molecule is CC(C)(C)OC(=O)NC1([C@@H]2CCN(c3c(F)cc4cc(C(=O)O)c(=O)n5c4c3OC[C@@H]5COCc3ccccc3)C2)CC1. The fraction of sp³-hybridized carbons (Fsp3) is 0.469. The quantitative estimate of drug-likeness (QED) is 0.380. The van der Waals surface area contributed by atoms with Crippen molar-refractivity contribution in [2.45, 2.75) is 63.8 Å². The summed E-state index contributed by atoms with van der Waals surface area (Å²) in [7, 11) is 0. The molecule has 2 aliphatic heterocycles. The monoisotopic (exact) mass is 593 g/mol. The number of carboxylic acids is 1. The number of hydrogen-bond acceptors (Lipinski definition) is 7. The van der Waals surface area contributed by atoms with Crippen LogP contribution >= 0.6 is 0 Å². The van der Waals surface area contributed by atoms with Crippen molar-refractivity contribution in [3.63, 3.8) is 0 Å². The van der Waals surface area contributed by atoms with Gasteiger partial charge in [0, 0.05) is 29.9 Å². The zero-order valence-corrected chi connectivity index (χ0v) is 24.5. The van der Waals surface area contributed by atoms with Gasteiger partial charge in [-0.15, -0.1) is 0 Å². The van der Waals surface area contributed by atoms with Crippen LogP contribution in [0.4, 0.5) is 14.9 Å². The summed E-state index contributed by atoms with van der Waals surface area (Å²) in [5.41, 5.74) is -0.595. The number of alkyl carbamates (subject to hydrolysis) is 1. The van der Waals surface area contributed by atoms with E-state index in [2.05, 4.69) is 5.32 Å². The maximum Gasteiger partial charge on any atom is 0.408 e. The van der Waals surface area contributed by atoms with Gasteiger partial charge < -0.3 is 29.5 Å². The lowest BCUT2D eigenvalue weighted by atomic mass is 9.96. The number of pyridine rings is 1. The number of amides is 1. The number of carbonyl (C=O) groups is 2. The first kappa shape index (κ1) is 29.0. The molecule has 2 atom stereocenters. The van der Waals surface area contributed by atoms with Gasteiger partial charge in [0.15, 0.2) is 11.6 Å². The van der Waals surface area contributed by atoms with Crippen LogP contribution in [0.1, 0.15) is 62.0 Å². The van der Waals surface area contributed by atoms with E-state index in [9.17, 15) is 19.5 Å². The number of nitrogens with zero attached hydrogens (tertiary/aromatic N) is 2. The third kappa shape index (κ3) is 5.65. The molecule has 1 amide bonds. The molecule has 1 aromatic heterocycles. The third-order valence-corrected chi connectivity index (χ3v) is 8.46. The van der Waals surface area contributed by atoms with Gasteiger partial charge in [0.1, 0.15) is 23.5 Å². The second-order valence-corrected chi connectivity index (χ2v) is 12.7. The number of nitrogens with one attached hydrogen (secondary N) is 1. The topological polar surface area (TPSA) is 119 Å². The molecule has 43 heavy (non-hydrogen) atoms. The molecule has 1 aliphatic carbocycles. The normalized spacial score (nSPS) is 20.5. The molecule has 3 aliphatic rings. The minimum absolute atomic E-state index is 0.0116. The Morgan fingerprint density at radius 3 is 2.60 bits per heavy atom. The number of benzene rings is 2. The standard InChI is InChI=1S/C32H36FN3O7/c1-31(2,3)43-30(40)34-32(10-11-32)21-9-12-35(15-21)26-24(33)14-20-13-23(29(38)39)28(37)36-22(18-42-27(26)25(20)36)17-41-16-19-7-5-4-6-8-19/h4-8,13-14,21-22H,9-12,15-18H2,1-3H3,(H,34,40)(H,38,39)/t21-,22+/m1/s1. The van der Waals surface area contributed by atoms with E-state index in [1.165, 1.54) is 16.7 Å². The molecule has 0 spiro atoms. The molecule has 6 rings (SSSR count). The summed E-state index contributed by atoms with van der Waals surface area (Å²) < 4.78 is 34.8. The van der Waals surface area contributed by atoms with Crippen LogP contribution in [0.2, 0.25) is 0 Å². The molecule has 228 valence electrons. The number of rotatable bonds is 8. The lowest BCUT2D eigenvalue weighted by molar-refractivity contribution is 0.0477. The zero-order valence-electron chi connectivity index (χ0n) is 24.5. The predicted molar refractivity (Wildman–Crippen MR) is 157 cm³/mol. The zero-order chi connectivity index (χ0) is 30.5. The molecule has 10 nitrogen and oxygen atoms in total. The van der Waals surface area contributed by atoms with Crippen molar-refractivity contribution in [3.8, 4) is 5.75 Å². The van der Waals surface area contributed by atoms with Gasteiger partial charge in [0.25, 0.3) is 5.56 Å². The van der Waals surface area contributed by atoms with Gasteiger partial charge in [-0.1, -0.05) is 30.3 Å². The number of hydrogen-bond donors (Lipinski definition) is 2. The molecule has 0 bridgehead atoms. The molecule has 2 fully saturated rings. The number of carbonyl (C=O) groups excluding carboxylic acids is 1. The van der Waals surface area contributed by atoms with Crippen LogP contribution in [0.15, 0.2) is 47.3 Å². The predicted octanol–water partition coefficient (Wildman–Crippen LogP) is 4.87. The van der Waals surface area contributed by atoms with Gasteiger partial charge in [-0.2, -0.15) is 0 Å². The van der Waals surface area contributed by atoms with E-state index in [4.69, 9.17) is 14.2 Å². The largest absolute Gasteiger partial charge is 0.487 e. The average molecular weight is 594 g/mol. The fourth-order valence-electron chi connectivity index (χ4n) is 6.32. The first-order valence-corrected chi connectivity index (χ1v) is 14.6. The van der Waals surface area contributed by atoms with Crippen molar-refractivity contribution >= 4 is 28.7 Å². The summed E-state index contributed by atoms with van der Waals surface area (Å²) in [6.45, 7) is 6.88. The van der Waals surface area contributed by atoms with Crippen LogP contribution in [0.5, 0.6) is 5.75 Å². The molecule has 0 radical (unpaired) electrons. The number of ether oxygens (including phenoxy) is 3. The average Bonchev–Trinajstić information content (AvgIpc) is 3.54. The second-order valence-electron chi connectivity index (χ2n) is 12.7. The van der Waals surface area contributed by atoms with E-state index in [-0.39, 0.29) is 36.0 Å². The lowest BCUT2D eigenvalue weighted by Crippen LogP contribution is -2.46. The van der Waals surface area contributed by atoms with Crippen molar-refractivity contribution in [2.24, 2.45) is 5.92 Å². The summed E-state index contributed by atoms with van der Waals surface area (Å²) in [5.74, 6) is -1.66. The van der Waals surface area contributed by atoms with Crippen LogP contribution in [0, 0.1) is 11.7 Å². The van der Waals surface area contributed by atoms with E-state index >= 15 is 4.39 Å². The van der Waals surface area contributed by atoms with Gasteiger partial charge >= 0.3 is 12.1 Å². The van der Waals surface area contributed by atoms with Gasteiger partial charge in [-0.3, -0.25) is 9.36 Å². The van der Waals surface area contributed by atoms with Crippen LogP contribution in [0.25, 0.3) is 10.9 Å². The molecule has 3 heterocycles. The molecular weight excluding hydrogens is 557 g/mol. The Morgan fingerprint density at radius 2 is 1.93 bits per heavy atom. The smallest absolute Gasteiger partial charge is 0.408 e. The minimum Gasteiger partial charge on any atom is -0.487 e. The van der Waals surface area contributed by atoms with Crippen molar-refractivity contribution in [1.29, 1.82) is 0 Å². The van der Waals surface area contributed by atoms with Crippen LogP contribution in [-0.4, -0.2) is 59.2 Å². The highest BCUT2D eigenvalue weighted by atomic mass is 19.1. The molecule has 3 aromatic rings. The highest BCUT2D eigenvalue weighted by molar-refractivity contribution is 5.97. The van der Waals surface area contributed by atoms with Gasteiger partial charge in [-0.05, 0) is 57.7 Å². The summed E-state index contributed by atoms with van der Waals surface area (Å²) in [4.78, 5) is 39.9. The van der Waals surface area contributed by atoms with Crippen LogP contribution in [0.3, 0.4) is 0 Å². The van der Waals surface area contributed by atoms with Crippen molar-refractivity contribution < 1.29 is 33.3 Å². The molecular formula is C32H36FN3O7. The molecule has 1 saturated carbocycles. The van der Waals surface area contributed by atoms with Crippen LogP contribution < -0.4 is 20.5 Å². The lowest BCUT2D eigenvalue weighted by Gasteiger charge is -2.32. The summed E-state index contributed by atoms with van der Waals surface area (Å²) in [6.07, 6.45) is 1.90. The number of aromatic nitrogens is 1. The first-order chi connectivity index (χ1) is 20.5. The Bertz CT molecular complexity index is 1630. The second kappa shape index (κ2) is 10.9. The van der Waals surface area contributed by atoms with E-state index in [0.717, 1.165) is 24.8 Å². The number of halogens is 1. The summed E-state index contributed by atoms with van der Waals surface area (Å²) in [6, 6.07) is 11.4. The Labute approximate surface area is 248 Å². The third-order valence-electron chi connectivity index (χ3n) is 8.46. The Hall–Kier alpha value is -4.12. The molecule has 2 aromatic carbocycles. The van der Waals surface area contributed by atoms with Crippen LogP contribution in [-0.2, 0) is 16.1 Å². The Morgan fingerprint density at radius 1 is 1.19 bits per heavy atom. The van der Waals surface area contributed by atoms with Gasteiger partial charge in [0.05, 0.1) is 24.8 Å². The number of aromatic carboxylic acids is 1. The highest BCUT2D eigenvalue weighted by Gasteiger charge is 2.53. The minimum atomic E-state index is -1.38. The molecule has 2 N–H and O–H groups in total. The van der Waals surface area contributed by atoms with Gasteiger partial charge in [-0.25, -0.2) is 14.0 Å². The highest BCUT2D eigenvalue weighted by Crippen LogP contribution is 2.49. The Kier molecular flexibility index (Phi) is 7.32. The van der Waals surface area contributed by atoms with E-state index in [1.807, 2.05) is 56.0 Å². The molecule has 0 unspecified atom stereocenters. The van der Waals surface area contributed by atoms with E-state index < -0.39 is 46.2 Å². The van der Waals surface area contributed by atoms with Crippen molar-refractivity contribution in [3.05, 3.63) is 69.8 Å². The van der Waals surface area contributed by atoms with E-state index in [0.29, 0.717) is 25.2 Å². The fourth-order valence-corrected chi connectivity index (χ4v) is 6.32. The maximum atomic E-state index is 15.9. The van der Waals surface area contributed by atoms with E-state index in [1.54, 1.807) is 0 Å². The Balaban J connectivity index is 1.31. The van der Waals surface area contributed by atoms with Crippen molar-refractivity contribution in [1.82, 2.24) is 9.88 Å².